The number of carboxylic acid groups (broad SMARTS) is 1. The molecule has 106 valence electrons. The molecular weight excluding hydrogens is 278 g/mol. The zero-order valence-electron chi connectivity index (χ0n) is 11.0. The van der Waals surface area contributed by atoms with E-state index in [9.17, 15) is 9.59 Å². The molecule has 1 amide bonds. The van der Waals surface area contributed by atoms with Crippen LogP contribution in [0.3, 0.4) is 0 Å². The molecule has 0 radical (unpaired) electrons. The standard InChI is InChI=1S/C13H15N3O3S/c1-16(6-2-3-11(17)18)12(19)8-4-5-9-10(7-8)20-13(14)15-9/h4-5,7H,2-3,6H2,1H3,(H2,14,15)(H,17,18). The summed E-state index contributed by atoms with van der Waals surface area (Å²) in [5.74, 6) is -0.989. The van der Waals surface area contributed by atoms with Gasteiger partial charge in [0.1, 0.15) is 0 Å². The third-order valence-electron chi connectivity index (χ3n) is 2.88. The molecule has 0 bridgehead atoms. The molecule has 20 heavy (non-hydrogen) atoms. The number of carbonyl (C=O) groups excluding carboxylic acids is 1. The largest absolute Gasteiger partial charge is 0.481 e. The molecule has 0 saturated carbocycles. The second-order valence-electron chi connectivity index (χ2n) is 4.46. The van der Waals surface area contributed by atoms with Crippen LogP contribution < -0.4 is 5.73 Å². The molecule has 6 nitrogen and oxygen atoms in total. The Morgan fingerprint density at radius 2 is 2.20 bits per heavy atom. The number of hydrogen-bond acceptors (Lipinski definition) is 5. The number of carbonyl (C=O) groups is 2. The first-order valence-corrected chi connectivity index (χ1v) is 6.92. The summed E-state index contributed by atoms with van der Waals surface area (Å²) in [7, 11) is 1.66. The van der Waals surface area contributed by atoms with E-state index < -0.39 is 5.97 Å². The van der Waals surface area contributed by atoms with Crippen LogP contribution in [0.4, 0.5) is 5.13 Å². The van der Waals surface area contributed by atoms with E-state index in [1.165, 1.54) is 16.2 Å². The number of thiazole rings is 1. The SMILES string of the molecule is CN(CCCC(=O)O)C(=O)c1ccc2nc(N)sc2c1. The average molecular weight is 293 g/mol. The topological polar surface area (TPSA) is 96.5 Å². The lowest BCUT2D eigenvalue weighted by Crippen LogP contribution is -2.28. The maximum absolute atomic E-state index is 12.2. The lowest BCUT2D eigenvalue weighted by molar-refractivity contribution is -0.137. The Hall–Kier alpha value is -2.15. The predicted octanol–water partition coefficient (Wildman–Crippen LogP) is 1.82. The van der Waals surface area contributed by atoms with Gasteiger partial charge in [-0.2, -0.15) is 0 Å². The Balaban J connectivity index is 2.07. The van der Waals surface area contributed by atoms with Crippen molar-refractivity contribution in [3.05, 3.63) is 23.8 Å². The van der Waals surface area contributed by atoms with Gasteiger partial charge >= 0.3 is 5.97 Å². The first kappa shape index (κ1) is 14.3. The first-order chi connectivity index (χ1) is 9.47. The van der Waals surface area contributed by atoms with E-state index >= 15 is 0 Å². The van der Waals surface area contributed by atoms with E-state index in [2.05, 4.69) is 4.98 Å². The fourth-order valence-corrected chi connectivity index (χ4v) is 2.64. The van der Waals surface area contributed by atoms with Crippen molar-refractivity contribution in [3.63, 3.8) is 0 Å². The number of aromatic nitrogens is 1. The van der Waals surface area contributed by atoms with Gasteiger partial charge in [0.25, 0.3) is 5.91 Å². The van der Waals surface area contributed by atoms with Crippen molar-refractivity contribution in [2.45, 2.75) is 12.8 Å². The first-order valence-electron chi connectivity index (χ1n) is 6.10. The molecule has 0 saturated heterocycles. The normalized spacial score (nSPS) is 10.7. The van der Waals surface area contributed by atoms with Gasteiger partial charge < -0.3 is 15.7 Å². The molecule has 2 aromatic rings. The van der Waals surface area contributed by atoms with Crippen LogP contribution in [0.15, 0.2) is 18.2 Å². The molecule has 1 aromatic carbocycles. The molecule has 3 N–H and O–H groups in total. The highest BCUT2D eigenvalue weighted by Gasteiger charge is 2.13. The average Bonchev–Trinajstić information content (AvgIpc) is 2.76. The summed E-state index contributed by atoms with van der Waals surface area (Å²) in [6.45, 7) is 0.411. The van der Waals surface area contributed by atoms with Gasteiger partial charge in [-0.3, -0.25) is 9.59 Å². The van der Waals surface area contributed by atoms with Gasteiger partial charge in [0.2, 0.25) is 0 Å². The van der Waals surface area contributed by atoms with Gasteiger partial charge in [-0.05, 0) is 24.6 Å². The number of aliphatic carboxylic acids is 1. The van der Waals surface area contributed by atoms with Crippen LogP contribution in [-0.2, 0) is 4.79 Å². The van der Waals surface area contributed by atoms with E-state index in [1.54, 1.807) is 25.2 Å². The number of nitrogens with zero attached hydrogens (tertiary/aromatic N) is 2. The number of rotatable bonds is 5. The van der Waals surface area contributed by atoms with Crippen LogP contribution in [0.25, 0.3) is 10.2 Å². The fraction of sp³-hybridized carbons (Fsp3) is 0.308. The molecule has 0 spiro atoms. The quantitative estimate of drug-likeness (QED) is 0.876. The number of amides is 1. The van der Waals surface area contributed by atoms with E-state index in [-0.39, 0.29) is 12.3 Å². The van der Waals surface area contributed by atoms with Crippen molar-refractivity contribution in [1.29, 1.82) is 0 Å². The minimum Gasteiger partial charge on any atom is -0.481 e. The minimum atomic E-state index is -0.854. The predicted molar refractivity (Wildman–Crippen MR) is 77.9 cm³/mol. The Kier molecular flexibility index (Phi) is 4.19. The lowest BCUT2D eigenvalue weighted by atomic mass is 10.2. The number of anilines is 1. The van der Waals surface area contributed by atoms with Crippen molar-refractivity contribution in [3.8, 4) is 0 Å². The summed E-state index contributed by atoms with van der Waals surface area (Å²) < 4.78 is 0.868. The molecule has 0 aliphatic rings. The summed E-state index contributed by atoms with van der Waals surface area (Å²) in [6.07, 6.45) is 0.495. The summed E-state index contributed by atoms with van der Waals surface area (Å²) in [6, 6.07) is 5.23. The number of hydrogen-bond donors (Lipinski definition) is 2. The summed E-state index contributed by atoms with van der Waals surface area (Å²) in [5, 5.41) is 9.05. The number of carboxylic acids is 1. The zero-order valence-corrected chi connectivity index (χ0v) is 11.8. The van der Waals surface area contributed by atoms with Gasteiger partial charge in [-0.25, -0.2) is 4.98 Å². The Morgan fingerprint density at radius 3 is 2.90 bits per heavy atom. The number of nitrogens with two attached hydrogens (primary N) is 1. The molecule has 0 aliphatic heterocycles. The van der Waals surface area contributed by atoms with Gasteiger partial charge in [-0.15, -0.1) is 0 Å². The second-order valence-corrected chi connectivity index (χ2v) is 5.52. The van der Waals surface area contributed by atoms with Crippen molar-refractivity contribution in [2.24, 2.45) is 0 Å². The second kappa shape index (κ2) is 5.87. The molecule has 0 aliphatic carbocycles. The smallest absolute Gasteiger partial charge is 0.303 e. The maximum atomic E-state index is 12.2. The summed E-state index contributed by atoms with van der Waals surface area (Å²) in [5.41, 5.74) is 6.96. The molecular formula is C13H15N3O3S. The van der Waals surface area contributed by atoms with Crippen molar-refractivity contribution in [1.82, 2.24) is 9.88 Å². The lowest BCUT2D eigenvalue weighted by Gasteiger charge is -2.16. The number of benzene rings is 1. The van der Waals surface area contributed by atoms with E-state index in [1.807, 2.05) is 0 Å². The summed E-state index contributed by atoms with van der Waals surface area (Å²) in [4.78, 5) is 28.3. The van der Waals surface area contributed by atoms with Gasteiger partial charge in [0.05, 0.1) is 10.2 Å². The maximum Gasteiger partial charge on any atom is 0.303 e. The van der Waals surface area contributed by atoms with Crippen molar-refractivity contribution >= 4 is 38.6 Å². The fourth-order valence-electron chi connectivity index (χ4n) is 1.86. The molecule has 0 unspecified atom stereocenters. The Labute approximate surface area is 119 Å². The Morgan fingerprint density at radius 1 is 1.45 bits per heavy atom. The molecule has 7 heteroatoms. The minimum absolute atomic E-state index is 0.0576. The molecule has 1 aromatic heterocycles. The molecule has 1 heterocycles. The molecule has 0 fully saturated rings. The zero-order chi connectivity index (χ0) is 14.7. The molecule has 0 atom stereocenters. The summed E-state index contributed by atoms with van der Waals surface area (Å²) >= 11 is 1.34. The van der Waals surface area contributed by atoms with Crippen LogP contribution in [0.5, 0.6) is 0 Å². The van der Waals surface area contributed by atoms with Gasteiger partial charge in [0.15, 0.2) is 5.13 Å². The third kappa shape index (κ3) is 3.24. The van der Waals surface area contributed by atoms with Gasteiger partial charge in [-0.1, -0.05) is 11.3 Å². The highest BCUT2D eigenvalue weighted by molar-refractivity contribution is 7.22. The number of fused-ring (bicyclic) bond motifs is 1. The monoisotopic (exact) mass is 293 g/mol. The molecule has 2 rings (SSSR count). The number of nitrogen functional groups attached to an aromatic ring is 1. The highest BCUT2D eigenvalue weighted by atomic mass is 32.1. The van der Waals surface area contributed by atoms with Crippen LogP contribution >= 0.6 is 11.3 Å². The van der Waals surface area contributed by atoms with Crippen LogP contribution in [0.2, 0.25) is 0 Å². The van der Waals surface area contributed by atoms with Crippen LogP contribution in [0.1, 0.15) is 23.2 Å². The Bertz CT molecular complexity index is 653. The van der Waals surface area contributed by atoms with Gasteiger partial charge in [0, 0.05) is 25.6 Å². The van der Waals surface area contributed by atoms with Crippen LogP contribution in [-0.4, -0.2) is 40.5 Å². The van der Waals surface area contributed by atoms with E-state index in [0.29, 0.717) is 23.7 Å². The third-order valence-corrected chi connectivity index (χ3v) is 3.73. The highest BCUT2D eigenvalue weighted by Crippen LogP contribution is 2.25. The van der Waals surface area contributed by atoms with E-state index in [4.69, 9.17) is 10.8 Å². The van der Waals surface area contributed by atoms with E-state index in [0.717, 1.165) is 10.2 Å². The van der Waals surface area contributed by atoms with Crippen molar-refractivity contribution < 1.29 is 14.7 Å². The van der Waals surface area contributed by atoms with Crippen molar-refractivity contribution in [2.75, 3.05) is 19.3 Å². The van der Waals surface area contributed by atoms with Crippen LogP contribution in [0, 0.1) is 0 Å².